The number of carbonyl (C=O) groups excluding carboxylic acids is 1. The number of aryl methyl sites for hydroxylation is 2. The molecule has 0 radical (unpaired) electrons. The number of hydrogen-bond acceptors (Lipinski definition) is 3. The lowest BCUT2D eigenvalue weighted by molar-refractivity contribution is 0.102. The van der Waals surface area contributed by atoms with E-state index < -0.39 is 0 Å². The first kappa shape index (κ1) is 12.9. The molecule has 1 N–H and O–H groups in total. The van der Waals surface area contributed by atoms with Crippen LogP contribution in [-0.2, 0) is 0 Å². The molecule has 0 aromatic carbocycles. The Labute approximate surface area is 119 Å². The van der Waals surface area contributed by atoms with Crippen LogP contribution in [0.3, 0.4) is 0 Å². The first-order valence-electron chi connectivity index (χ1n) is 5.43. The van der Waals surface area contributed by atoms with Gasteiger partial charge in [-0.25, -0.2) is 4.98 Å². The molecular weight excluding hydrogens is 341 g/mol. The van der Waals surface area contributed by atoms with E-state index in [2.05, 4.69) is 37.9 Å². The van der Waals surface area contributed by atoms with E-state index in [4.69, 9.17) is 0 Å². The normalized spacial score (nSPS) is 10.2. The summed E-state index contributed by atoms with van der Waals surface area (Å²) in [5.74, 6) is 0.356. The Morgan fingerprint density at radius 1 is 1.22 bits per heavy atom. The first-order valence-corrected chi connectivity index (χ1v) is 6.51. The quantitative estimate of drug-likeness (QED) is 0.845. The minimum Gasteiger partial charge on any atom is -0.307 e. The van der Waals surface area contributed by atoms with Gasteiger partial charge in [-0.05, 0) is 60.7 Å². The fraction of sp³-hybridized carbons (Fsp3) is 0.154. The number of aromatic nitrogens is 2. The largest absolute Gasteiger partial charge is 0.307 e. The zero-order valence-corrected chi connectivity index (χ0v) is 12.2. The molecule has 0 spiro atoms. The Kier molecular flexibility index (Phi) is 3.90. The van der Waals surface area contributed by atoms with Gasteiger partial charge >= 0.3 is 0 Å². The van der Waals surface area contributed by atoms with Crippen LogP contribution in [0.25, 0.3) is 0 Å². The standard InChI is InChI=1S/C13H12IN3O/c1-8-3-5-11(9(2)16-8)13(18)17-12-6-4-10(14)7-15-12/h3-7H,1-2H3,(H,15,17,18). The second-order valence-electron chi connectivity index (χ2n) is 3.90. The number of carbonyl (C=O) groups is 1. The van der Waals surface area contributed by atoms with Crippen molar-refractivity contribution in [2.45, 2.75) is 13.8 Å². The van der Waals surface area contributed by atoms with Crippen molar-refractivity contribution >= 4 is 34.3 Å². The van der Waals surface area contributed by atoms with Crippen molar-refractivity contribution < 1.29 is 4.79 Å². The van der Waals surface area contributed by atoms with Crippen molar-refractivity contribution in [3.8, 4) is 0 Å². The lowest BCUT2D eigenvalue weighted by Crippen LogP contribution is -2.15. The molecule has 0 saturated heterocycles. The molecule has 0 fully saturated rings. The van der Waals surface area contributed by atoms with Crippen LogP contribution in [0.4, 0.5) is 5.82 Å². The van der Waals surface area contributed by atoms with Gasteiger partial charge < -0.3 is 5.32 Å². The van der Waals surface area contributed by atoms with Gasteiger partial charge in [0, 0.05) is 15.5 Å². The highest BCUT2D eigenvalue weighted by molar-refractivity contribution is 14.1. The molecule has 5 heteroatoms. The van der Waals surface area contributed by atoms with Crippen LogP contribution in [0.5, 0.6) is 0 Å². The van der Waals surface area contributed by atoms with Gasteiger partial charge in [-0.2, -0.15) is 0 Å². The Morgan fingerprint density at radius 2 is 2.00 bits per heavy atom. The lowest BCUT2D eigenvalue weighted by Gasteiger charge is -2.07. The van der Waals surface area contributed by atoms with Crippen LogP contribution in [0.2, 0.25) is 0 Å². The smallest absolute Gasteiger partial charge is 0.258 e. The maximum Gasteiger partial charge on any atom is 0.258 e. The molecule has 2 rings (SSSR count). The molecule has 2 heterocycles. The van der Waals surface area contributed by atoms with Crippen molar-refractivity contribution in [1.29, 1.82) is 0 Å². The molecule has 0 aliphatic rings. The summed E-state index contributed by atoms with van der Waals surface area (Å²) in [6.07, 6.45) is 1.70. The lowest BCUT2D eigenvalue weighted by atomic mass is 10.2. The van der Waals surface area contributed by atoms with E-state index in [0.29, 0.717) is 11.4 Å². The minimum absolute atomic E-state index is 0.186. The summed E-state index contributed by atoms with van der Waals surface area (Å²) in [5.41, 5.74) is 2.19. The third kappa shape index (κ3) is 3.04. The average molecular weight is 353 g/mol. The van der Waals surface area contributed by atoms with Crippen LogP contribution >= 0.6 is 22.6 Å². The Morgan fingerprint density at radius 3 is 2.61 bits per heavy atom. The number of pyridine rings is 2. The maximum absolute atomic E-state index is 12.0. The number of amides is 1. The fourth-order valence-corrected chi connectivity index (χ4v) is 1.88. The van der Waals surface area contributed by atoms with Gasteiger partial charge in [0.25, 0.3) is 5.91 Å². The molecule has 1 amide bonds. The second-order valence-corrected chi connectivity index (χ2v) is 5.15. The highest BCUT2D eigenvalue weighted by Gasteiger charge is 2.10. The molecule has 18 heavy (non-hydrogen) atoms. The Balaban J connectivity index is 2.19. The van der Waals surface area contributed by atoms with Gasteiger partial charge in [0.05, 0.1) is 11.3 Å². The summed E-state index contributed by atoms with van der Waals surface area (Å²) in [6, 6.07) is 7.27. The van der Waals surface area contributed by atoms with E-state index in [-0.39, 0.29) is 5.91 Å². The molecule has 2 aromatic rings. The van der Waals surface area contributed by atoms with Gasteiger partial charge in [-0.1, -0.05) is 0 Å². The highest BCUT2D eigenvalue weighted by atomic mass is 127. The van der Waals surface area contributed by atoms with Crippen LogP contribution in [-0.4, -0.2) is 15.9 Å². The van der Waals surface area contributed by atoms with E-state index >= 15 is 0 Å². The van der Waals surface area contributed by atoms with Gasteiger partial charge in [0.15, 0.2) is 0 Å². The molecule has 0 unspecified atom stereocenters. The molecule has 0 saturated carbocycles. The molecule has 92 valence electrons. The number of nitrogens with zero attached hydrogens (tertiary/aromatic N) is 2. The number of rotatable bonds is 2. The van der Waals surface area contributed by atoms with Gasteiger partial charge in [-0.15, -0.1) is 0 Å². The van der Waals surface area contributed by atoms with Crippen molar-refractivity contribution in [1.82, 2.24) is 9.97 Å². The van der Waals surface area contributed by atoms with E-state index in [0.717, 1.165) is 15.0 Å². The number of nitrogens with one attached hydrogen (secondary N) is 1. The van der Waals surface area contributed by atoms with Gasteiger partial charge in [0.2, 0.25) is 0 Å². The summed E-state index contributed by atoms with van der Waals surface area (Å²) in [7, 11) is 0. The topological polar surface area (TPSA) is 54.9 Å². The predicted molar refractivity (Wildman–Crippen MR) is 78.6 cm³/mol. The molecular formula is C13H12IN3O. The first-order chi connectivity index (χ1) is 8.56. The zero-order chi connectivity index (χ0) is 13.1. The Hall–Kier alpha value is -1.50. The zero-order valence-electron chi connectivity index (χ0n) is 10.1. The molecule has 2 aromatic heterocycles. The van der Waals surface area contributed by atoms with Crippen LogP contribution in [0.1, 0.15) is 21.7 Å². The summed E-state index contributed by atoms with van der Waals surface area (Å²) in [5, 5.41) is 2.75. The number of halogens is 1. The average Bonchev–Trinajstić information content (AvgIpc) is 2.32. The fourth-order valence-electron chi connectivity index (χ4n) is 1.56. The van der Waals surface area contributed by atoms with E-state index in [1.807, 2.05) is 26.0 Å². The molecule has 0 aliphatic heterocycles. The number of hydrogen-bond donors (Lipinski definition) is 1. The summed E-state index contributed by atoms with van der Waals surface area (Å²) < 4.78 is 1.03. The van der Waals surface area contributed by atoms with Crippen molar-refractivity contribution in [2.24, 2.45) is 0 Å². The monoisotopic (exact) mass is 353 g/mol. The number of anilines is 1. The molecule has 4 nitrogen and oxygen atoms in total. The highest BCUT2D eigenvalue weighted by Crippen LogP contribution is 2.11. The molecule has 0 bridgehead atoms. The summed E-state index contributed by atoms with van der Waals surface area (Å²) in [4.78, 5) is 20.4. The minimum atomic E-state index is -0.186. The van der Waals surface area contributed by atoms with Crippen molar-refractivity contribution in [3.63, 3.8) is 0 Å². The van der Waals surface area contributed by atoms with Crippen LogP contribution in [0.15, 0.2) is 30.5 Å². The summed E-state index contributed by atoms with van der Waals surface area (Å²) in [6.45, 7) is 3.72. The summed E-state index contributed by atoms with van der Waals surface area (Å²) >= 11 is 2.17. The predicted octanol–water partition coefficient (Wildman–Crippen LogP) is 2.95. The van der Waals surface area contributed by atoms with Crippen molar-refractivity contribution in [2.75, 3.05) is 5.32 Å². The van der Waals surface area contributed by atoms with E-state index in [9.17, 15) is 4.79 Å². The SMILES string of the molecule is Cc1ccc(C(=O)Nc2ccc(I)cn2)c(C)n1. The van der Waals surface area contributed by atoms with Gasteiger partial charge in [0.1, 0.15) is 5.82 Å². The van der Waals surface area contributed by atoms with E-state index in [1.165, 1.54) is 0 Å². The molecule has 0 aliphatic carbocycles. The van der Waals surface area contributed by atoms with Crippen LogP contribution in [0, 0.1) is 17.4 Å². The second kappa shape index (κ2) is 5.43. The van der Waals surface area contributed by atoms with E-state index in [1.54, 1.807) is 18.3 Å². The Bertz CT molecular complexity index is 581. The van der Waals surface area contributed by atoms with Crippen LogP contribution < -0.4 is 5.32 Å². The molecule has 0 atom stereocenters. The third-order valence-electron chi connectivity index (χ3n) is 2.44. The van der Waals surface area contributed by atoms with Gasteiger partial charge in [-0.3, -0.25) is 9.78 Å². The maximum atomic E-state index is 12.0. The van der Waals surface area contributed by atoms with Crippen molar-refractivity contribution in [3.05, 3.63) is 51.0 Å². The third-order valence-corrected chi connectivity index (χ3v) is 3.08.